The molecule has 0 aliphatic carbocycles. The van der Waals surface area contributed by atoms with Gasteiger partial charge in [-0.15, -0.1) is 0 Å². The third-order valence-corrected chi connectivity index (χ3v) is 11.0. The topological polar surface area (TPSA) is 174 Å². The molecule has 55 heavy (non-hydrogen) atoms. The number of halogens is 3. The van der Waals surface area contributed by atoms with Gasteiger partial charge >= 0.3 is 6.18 Å². The lowest BCUT2D eigenvalue weighted by Crippen LogP contribution is -2.55. The minimum Gasteiger partial charge on any atom is -0.478 e. The molecule has 1 fully saturated rings. The summed E-state index contributed by atoms with van der Waals surface area (Å²) in [5.41, 5.74) is 5.79. The molecule has 4 aromatic rings. The van der Waals surface area contributed by atoms with E-state index in [1.807, 2.05) is 36.9 Å². The van der Waals surface area contributed by atoms with E-state index in [2.05, 4.69) is 9.97 Å². The van der Waals surface area contributed by atoms with Crippen molar-refractivity contribution in [2.24, 2.45) is 5.73 Å². The van der Waals surface area contributed by atoms with Gasteiger partial charge in [-0.25, -0.2) is 18.4 Å². The number of hydrogen-bond acceptors (Lipinski definition) is 11. The number of ether oxygens (including phenoxy) is 2. The molecule has 0 bridgehead atoms. The van der Waals surface area contributed by atoms with Crippen molar-refractivity contribution in [1.82, 2.24) is 19.2 Å². The number of nitro groups is 1. The monoisotopic (exact) mass is 785 g/mol. The van der Waals surface area contributed by atoms with E-state index in [0.29, 0.717) is 41.3 Å². The first-order valence-electron chi connectivity index (χ1n) is 17.7. The van der Waals surface area contributed by atoms with Gasteiger partial charge < -0.3 is 25.0 Å². The molecule has 0 saturated carbocycles. The summed E-state index contributed by atoms with van der Waals surface area (Å²) in [6.45, 7) is 5.51. The average Bonchev–Trinajstić information content (AvgIpc) is 3.17. The molecule has 2 aromatic heterocycles. The van der Waals surface area contributed by atoms with Crippen molar-refractivity contribution in [3.63, 3.8) is 0 Å². The first-order valence-corrected chi connectivity index (χ1v) is 19.1. The van der Waals surface area contributed by atoms with E-state index in [1.165, 1.54) is 29.2 Å². The standard InChI is InChI=1S/C37H42F3N7O7S/c1-4-27-24-44(36(48)29-14-16-33(53-5-2)43-34(29)37(38,39)40)20-21-46(27)30-15-13-25(28-10-9-18-42-35(28)54-6-3)22-26(30)23-45(19-17-41)55(51,52)32-12-8-7-11-31(32)47(49)50/h7-16,18,22,27H,4-6,17,19-21,23-24,41H2,1-3H3. The summed E-state index contributed by atoms with van der Waals surface area (Å²) < 4.78 is 82.6. The Kier molecular flexibility index (Phi) is 12.9. The maximum atomic E-state index is 14.1. The van der Waals surface area contributed by atoms with Crippen molar-refractivity contribution in [2.45, 2.75) is 50.9 Å². The smallest absolute Gasteiger partial charge is 0.434 e. The van der Waals surface area contributed by atoms with Crippen molar-refractivity contribution >= 4 is 27.3 Å². The second kappa shape index (κ2) is 17.4. The van der Waals surface area contributed by atoms with Gasteiger partial charge in [0.15, 0.2) is 10.6 Å². The second-order valence-electron chi connectivity index (χ2n) is 12.5. The Morgan fingerprint density at radius 3 is 2.45 bits per heavy atom. The van der Waals surface area contributed by atoms with Crippen LogP contribution in [0.1, 0.15) is 48.8 Å². The number of benzene rings is 2. The van der Waals surface area contributed by atoms with Crippen molar-refractivity contribution in [3.05, 3.63) is 99.9 Å². The van der Waals surface area contributed by atoms with E-state index in [1.54, 1.807) is 25.3 Å². The fourth-order valence-corrected chi connectivity index (χ4v) is 8.13. The Bertz CT molecular complexity index is 2120. The summed E-state index contributed by atoms with van der Waals surface area (Å²) in [5.74, 6) is -0.720. The number of sulfonamides is 1. The molecule has 2 N–H and O–H groups in total. The lowest BCUT2D eigenvalue weighted by Gasteiger charge is -2.43. The maximum absolute atomic E-state index is 14.1. The van der Waals surface area contributed by atoms with Crippen LogP contribution in [0.15, 0.2) is 77.8 Å². The zero-order valence-electron chi connectivity index (χ0n) is 30.5. The molecule has 0 spiro atoms. The summed E-state index contributed by atoms with van der Waals surface area (Å²) in [5, 5.41) is 11.9. The number of alkyl halides is 3. The van der Waals surface area contributed by atoms with Crippen LogP contribution in [0.4, 0.5) is 24.5 Å². The summed E-state index contributed by atoms with van der Waals surface area (Å²) in [6, 6.07) is 15.9. The predicted molar refractivity (Wildman–Crippen MR) is 198 cm³/mol. The van der Waals surface area contributed by atoms with Crippen molar-refractivity contribution in [2.75, 3.05) is 50.8 Å². The summed E-state index contributed by atoms with van der Waals surface area (Å²) >= 11 is 0. The number of anilines is 1. The fraction of sp³-hybridized carbons (Fsp3) is 0.378. The van der Waals surface area contributed by atoms with Crippen LogP contribution in [-0.2, 0) is 22.7 Å². The van der Waals surface area contributed by atoms with E-state index < -0.39 is 54.9 Å². The van der Waals surface area contributed by atoms with E-state index in [-0.39, 0.29) is 51.8 Å². The number of rotatable bonds is 15. The number of nitro benzene ring substituents is 1. The number of para-hydroxylation sites is 1. The minimum atomic E-state index is -4.91. The quantitative estimate of drug-likeness (QED) is 0.115. The van der Waals surface area contributed by atoms with Gasteiger partial charge in [0.2, 0.25) is 21.8 Å². The number of aromatic nitrogens is 2. The van der Waals surface area contributed by atoms with Gasteiger partial charge in [-0.3, -0.25) is 14.9 Å². The van der Waals surface area contributed by atoms with Crippen molar-refractivity contribution in [3.8, 4) is 22.9 Å². The Balaban J connectivity index is 1.56. The lowest BCUT2D eigenvalue weighted by molar-refractivity contribution is -0.387. The molecule has 1 saturated heterocycles. The molecule has 294 valence electrons. The van der Waals surface area contributed by atoms with E-state index in [0.717, 1.165) is 16.4 Å². The molecular weight excluding hydrogens is 744 g/mol. The number of hydrogen-bond donors (Lipinski definition) is 1. The molecular formula is C37H42F3N7O7S. The van der Waals surface area contributed by atoms with Crippen LogP contribution in [0, 0.1) is 10.1 Å². The van der Waals surface area contributed by atoms with Crippen LogP contribution < -0.4 is 20.1 Å². The van der Waals surface area contributed by atoms with Gasteiger partial charge in [-0.05, 0) is 67.8 Å². The van der Waals surface area contributed by atoms with Gasteiger partial charge in [0.05, 0.1) is 23.7 Å². The highest BCUT2D eigenvalue weighted by atomic mass is 32.2. The van der Waals surface area contributed by atoms with Crippen LogP contribution in [0.3, 0.4) is 0 Å². The number of carbonyl (C=O) groups is 1. The highest BCUT2D eigenvalue weighted by Gasteiger charge is 2.40. The van der Waals surface area contributed by atoms with Crippen molar-refractivity contribution < 1.29 is 40.8 Å². The molecule has 1 atom stereocenters. The molecule has 18 heteroatoms. The number of nitrogens with zero attached hydrogens (tertiary/aromatic N) is 6. The summed E-state index contributed by atoms with van der Waals surface area (Å²) in [6.07, 6.45) is -2.86. The first kappa shape index (κ1) is 40.8. The highest BCUT2D eigenvalue weighted by Crippen LogP contribution is 2.37. The van der Waals surface area contributed by atoms with Crippen LogP contribution in [-0.4, -0.2) is 90.4 Å². The molecule has 1 aliphatic rings. The molecule has 5 rings (SSSR count). The number of nitrogens with two attached hydrogens (primary N) is 1. The zero-order valence-corrected chi connectivity index (χ0v) is 31.3. The van der Waals surface area contributed by atoms with Gasteiger partial charge in [0.25, 0.3) is 11.6 Å². The zero-order chi connectivity index (χ0) is 39.9. The van der Waals surface area contributed by atoms with E-state index in [4.69, 9.17) is 15.2 Å². The van der Waals surface area contributed by atoms with Gasteiger partial charge in [0, 0.05) is 74.9 Å². The van der Waals surface area contributed by atoms with Crippen LogP contribution in [0.2, 0.25) is 0 Å². The van der Waals surface area contributed by atoms with Gasteiger partial charge in [0.1, 0.15) is 0 Å². The van der Waals surface area contributed by atoms with Crippen LogP contribution in [0.25, 0.3) is 11.1 Å². The molecule has 14 nitrogen and oxygen atoms in total. The average molecular weight is 786 g/mol. The largest absolute Gasteiger partial charge is 0.478 e. The van der Waals surface area contributed by atoms with Gasteiger partial charge in [-0.2, -0.15) is 17.5 Å². The number of pyridine rings is 2. The third kappa shape index (κ3) is 8.98. The van der Waals surface area contributed by atoms with Gasteiger partial charge in [-0.1, -0.05) is 25.1 Å². The second-order valence-corrected chi connectivity index (χ2v) is 14.4. The third-order valence-electron chi connectivity index (χ3n) is 9.06. The predicted octanol–water partition coefficient (Wildman–Crippen LogP) is 5.76. The summed E-state index contributed by atoms with van der Waals surface area (Å²) in [7, 11) is -4.48. The molecule has 1 unspecified atom stereocenters. The van der Waals surface area contributed by atoms with E-state index in [9.17, 15) is 36.5 Å². The van der Waals surface area contributed by atoms with E-state index >= 15 is 0 Å². The Labute approximate surface area is 316 Å². The lowest BCUT2D eigenvalue weighted by atomic mass is 9.99. The minimum absolute atomic E-state index is 0.0408. The molecule has 2 aromatic carbocycles. The normalized spacial score (nSPS) is 14.9. The molecule has 3 heterocycles. The maximum Gasteiger partial charge on any atom is 0.434 e. The fourth-order valence-electron chi connectivity index (χ4n) is 6.54. The van der Waals surface area contributed by atoms with Crippen LogP contribution >= 0.6 is 0 Å². The number of carbonyl (C=O) groups excluding carboxylic acids is 1. The molecule has 1 aliphatic heterocycles. The Morgan fingerprint density at radius 2 is 1.78 bits per heavy atom. The van der Waals surface area contributed by atoms with Crippen molar-refractivity contribution in [1.29, 1.82) is 0 Å². The van der Waals surface area contributed by atoms with Crippen LogP contribution in [0.5, 0.6) is 11.8 Å². The Morgan fingerprint density at radius 1 is 1.04 bits per heavy atom. The SMILES string of the molecule is CCOc1ccc(C(=O)N2CCN(c3ccc(-c4cccnc4OCC)cc3CN(CCN)S(=O)(=O)c3ccccc3[N+](=O)[O-])C(CC)C2)c(C(F)(F)F)n1. The highest BCUT2D eigenvalue weighted by molar-refractivity contribution is 7.89. The molecule has 0 radical (unpaired) electrons. The summed E-state index contributed by atoms with van der Waals surface area (Å²) in [4.78, 5) is 35.6. The first-order chi connectivity index (χ1) is 26.2. The molecule has 1 amide bonds. The number of amides is 1. The Hall–Kier alpha value is -5.33. The number of piperazine rings is 1.